The number of hydrogen-bond donors (Lipinski definition) is 2. The molecule has 2 rings (SSSR count). The van der Waals surface area contributed by atoms with Crippen molar-refractivity contribution in [3.63, 3.8) is 0 Å². The van der Waals surface area contributed by atoms with Gasteiger partial charge in [0.05, 0.1) is 67.5 Å². The fourth-order valence-corrected chi connectivity index (χ4v) is 2.64. The second kappa shape index (κ2) is 11.6. The maximum absolute atomic E-state index is 11.1. The van der Waals surface area contributed by atoms with E-state index in [2.05, 4.69) is 56.4 Å². The number of nitrogens with zero attached hydrogens (tertiary/aromatic N) is 2. The lowest BCUT2D eigenvalue weighted by Gasteiger charge is -2.14. The van der Waals surface area contributed by atoms with Crippen LogP contribution in [0.15, 0.2) is 58.3 Å². The van der Waals surface area contributed by atoms with E-state index in [4.69, 9.17) is 10.2 Å². The lowest BCUT2D eigenvalue weighted by atomic mass is 10.2. The Bertz CT molecular complexity index is 729. The maximum atomic E-state index is 11.1. The zero-order chi connectivity index (χ0) is 22.8. The first-order chi connectivity index (χ1) is 13.1. The molecule has 0 aliphatic rings. The van der Waals surface area contributed by atoms with E-state index in [-0.39, 0.29) is 11.1 Å². The first-order valence-electron chi connectivity index (χ1n) is 9.00. The van der Waals surface area contributed by atoms with E-state index in [0.29, 0.717) is 9.79 Å². The third-order valence-corrected chi connectivity index (χ3v) is 3.61. The molecule has 0 atom stereocenters. The van der Waals surface area contributed by atoms with Crippen molar-refractivity contribution in [3.05, 3.63) is 59.7 Å². The number of aromatic carboxylic acids is 2. The molecule has 6 nitrogen and oxygen atoms in total. The van der Waals surface area contributed by atoms with Gasteiger partial charge in [0.25, 0.3) is 0 Å². The predicted octanol–water partition coefficient (Wildman–Crippen LogP) is 3.88. The molecule has 0 saturated heterocycles. The molecule has 160 valence electrons. The van der Waals surface area contributed by atoms with Crippen LogP contribution in [-0.2, 0) is 0 Å². The summed E-state index contributed by atoms with van der Waals surface area (Å²) in [6.07, 6.45) is 0. The van der Waals surface area contributed by atoms with Crippen LogP contribution in [0.25, 0.3) is 0 Å². The topological polar surface area (TPSA) is 74.6 Å². The van der Waals surface area contributed by atoms with Crippen LogP contribution in [0.2, 0.25) is 0 Å². The van der Waals surface area contributed by atoms with Gasteiger partial charge < -0.3 is 19.2 Å². The highest BCUT2D eigenvalue weighted by molar-refractivity contribution is 7.99. The first kappa shape index (κ1) is 26.6. The normalized spacial score (nSPS) is 10.8. The Morgan fingerprint density at radius 1 is 0.621 bits per heavy atom. The monoisotopic (exact) mass is 422 g/mol. The summed E-state index contributed by atoms with van der Waals surface area (Å²) in [6, 6.07) is 13.0. The molecule has 0 amide bonds. The van der Waals surface area contributed by atoms with Crippen molar-refractivity contribution in [1.29, 1.82) is 0 Å². The van der Waals surface area contributed by atoms with Gasteiger partial charge in [0.2, 0.25) is 0 Å². The van der Waals surface area contributed by atoms with Gasteiger partial charge in [0, 0.05) is 9.79 Å². The number of rotatable bonds is 4. The Morgan fingerprint density at radius 3 is 1.10 bits per heavy atom. The molecule has 2 aromatic rings. The van der Waals surface area contributed by atoms with Gasteiger partial charge in [0.1, 0.15) is 0 Å². The molecule has 2 N–H and O–H groups in total. The molecule has 0 saturated carbocycles. The lowest BCUT2D eigenvalue weighted by molar-refractivity contribution is -0.849. The van der Waals surface area contributed by atoms with Gasteiger partial charge in [-0.15, -0.1) is 0 Å². The van der Waals surface area contributed by atoms with Crippen LogP contribution in [0, 0.1) is 0 Å². The molecular formula is C22H34N2O4S+2. The van der Waals surface area contributed by atoms with E-state index in [0.717, 1.165) is 20.7 Å². The number of carboxylic acids is 2. The molecule has 0 spiro atoms. The van der Waals surface area contributed by atoms with Gasteiger partial charge in [0.15, 0.2) is 0 Å². The number of benzene rings is 2. The molecule has 0 radical (unpaired) electrons. The number of hydrogen-bond acceptors (Lipinski definition) is 3. The van der Waals surface area contributed by atoms with Gasteiger partial charge in [-0.2, -0.15) is 0 Å². The quantitative estimate of drug-likeness (QED) is 0.732. The Balaban J connectivity index is 0.000000653. The minimum Gasteiger partial charge on any atom is -0.478 e. The van der Waals surface area contributed by atoms with Crippen molar-refractivity contribution >= 4 is 23.7 Å². The third kappa shape index (κ3) is 14.3. The van der Waals surface area contributed by atoms with E-state index in [9.17, 15) is 9.59 Å². The summed E-state index contributed by atoms with van der Waals surface area (Å²) in [4.78, 5) is 23.2. The fraction of sp³-hybridized carbons (Fsp3) is 0.364. The van der Waals surface area contributed by atoms with Crippen LogP contribution in [0.5, 0.6) is 0 Å². The highest BCUT2D eigenvalue weighted by atomic mass is 32.2. The smallest absolute Gasteiger partial charge is 0.336 e. The molecule has 0 aromatic heterocycles. The number of carboxylic acid groups (broad SMARTS) is 2. The minimum absolute atomic E-state index is 0.160. The molecule has 0 aliphatic heterocycles. The van der Waals surface area contributed by atoms with Crippen LogP contribution in [0.1, 0.15) is 20.7 Å². The molecule has 7 heteroatoms. The molecule has 0 aliphatic carbocycles. The highest BCUT2D eigenvalue weighted by Gasteiger charge is 2.14. The average molecular weight is 423 g/mol. The van der Waals surface area contributed by atoms with Gasteiger partial charge >= 0.3 is 11.9 Å². The summed E-state index contributed by atoms with van der Waals surface area (Å²) < 4.78 is 2.00. The molecule has 0 fully saturated rings. The second-order valence-corrected chi connectivity index (χ2v) is 10.2. The van der Waals surface area contributed by atoms with Crippen molar-refractivity contribution in [2.45, 2.75) is 9.79 Å². The Hall–Kier alpha value is -2.35. The van der Waals surface area contributed by atoms with Gasteiger partial charge in [-0.1, -0.05) is 36.0 Å². The van der Waals surface area contributed by atoms with Crippen LogP contribution < -0.4 is 0 Å². The van der Waals surface area contributed by atoms with Gasteiger partial charge in [-0.25, -0.2) is 9.59 Å². The summed E-state index contributed by atoms with van der Waals surface area (Å²) >= 11 is 1.14. The average Bonchev–Trinajstić information content (AvgIpc) is 2.52. The van der Waals surface area contributed by atoms with E-state index < -0.39 is 11.9 Å². The number of quaternary nitrogens is 2. The molecule has 0 heterocycles. The third-order valence-electron chi connectivity index (χ3n) is 2.45. The van der Waals surface area contributed by atoms with Gasteiger partial charge in [-0.3, -0.25) is 0 Å². The molecular weight excluding hydrogens is 388 g/mol. The summed E-state index contributed by atoms with van der Waals surface area (Å²) in [7, 11) is 17.0. The Morgan fingerprint density at radius 2 is 0.862 bits per heavy atom. The minimum atomic E-state index is -1.03. The van der Waals surface area contributed by atoms with E-state index in [1.54, 1.807) is 36.4 Å². The first-order valence-corrected chi connectivity index (χ1v) is 9.81. The summed E-state index contributed by atoms with van der Waals surface area (Å²) in [5.74, 6) is -2.06. The SMILES string of the molecule is C[N+](C)(C)C.C[N+](C)(C)C.O=C(O)c1ccccc1Sc1ccccc1C(=O)O. The molecule has 0 bridgehead atoms. The maximum Gasteiger partial charge on any atom is 0.336 e. The summed E-state index contributed by atoms with van der Waals surface area (Å²) in [6.45, 7) is 0. The van der Waals surface area contributed by atoms with Crippen LogP contribution in [-0.4, -0.2) is 87.5 Å². The van der Waals surface area contributed by atoms with Crippen molar-refractivity contribution in [3.8, 4) is 0 Å². The highest BCUT2D eigenvalue weighted by Crippen LogP contribution is 2.32. The van der Waals surface area contributed by atoms with Crippen molar-refractivity contribution in [2.24, 2.45) is 0 Å². The molecule has 2 aromatic carbocycles. The van der Waals surface area contributed by atoms with Crippen LogP contribution in [0.4, 0.5) is 0 Å². The molecule has 0 unspecified atom stereocenters. The summed E-state index contributed by atoms with van der Waals surface area (Å²) in [5.41, 5.74) is 0.320. The standard InChI is InChI=1S/C14H10O4S.2C4H12N/c15-13(16)9-5-1-3-7-11(9)19-12-8-4-2-6-10(12)14(17)18;2*1-5(2,3)4/h1-8H,(H,15,16)(H,17,18);2*1-4H3/q;2*+1. The van der Waals surface area contributed by atoms with Crippen molar-refractivity contribution in [1.82, 2.24) is 0 Å². The largest absolute Gasteiger partial charge is 0.478 e. The van der Waals surface area contributed by atoms with Gasteiger partial charge in [-0.05, 0) is 24.3 Å². The molecule has 29 heavy (non-hydrogen) atoms. The zero-order valence-corrected chi connectivity index (χ0v) is 19.4. The van der Waals surface area contributed by atoms with Crippen LogP contribution >= 0.6 is 11.8 Å². The fourth-order valence-electron chi connectivity index (χ4n) is 1.58. The van der Waals surface area contributed by atoms with Crippen molar-refractivity contribution in [2.75, 3.05) is 56.4 Å². The number of carbonyl (C=O) groups is 2. The lowest BCUT2D eigenvalue weighted by Crippen LogP contribution is -2.27. The van der Waals surface area contributed by atoms with E-state index in [1.165, 1.54) is 12.1 Å². The zero-order valence-electron chi connectivity index (χ0n) is 18.6. The van der Waals surface area contributed by atoms with Crippen molar-refractivity contribution < 1.29 is 28.8 Å². The predicted molar refractivity (Wildman–Crippen MR) is 119 cm³/mol. The Labute approximate surface area is 178 Å². The van der Waals surface area contributed by atoms with E-state index in [1.807, 2.05) is 0 Å². The summed E-state index contributed by atoms with van der Waals surface area (Å²) in [5, 5.41) is 18.2. The Kier molecular flexibility index (Phi) is 10.7. The second-order valence-electron chi connectivity index (χ2n) is 9.07. The van der Waals surface area contributed by atoms with E-state index >= 15 is 0 Å². The van der Waals surface area contributed by atoms with Crippen LogP contribution in [0.3, 0.4) is 0 Å².